The highest BCUT2D eigenvalue weighted by molar-refractivity contribution is 9.10. The zero-order chi connectivity index (χ0) is 16.4. The molecular formula is C18H21BrO3. The Morgan fingerprint density at radius 2 is 1.77 bits per heavy atom. The van der Waals surface area contributed by atoms with Crippen LogP contribution in [0.25, 0.3) is 0 Å². The fourth-order valence-electron chi connectivity index (χ4n) is 2.67. The monoisotopic (exact) mass is 364 g/mol. The lowest BCUT2D eigenvalue weighted by molar-refractivity contribution is 0.139. The molecule has 0 fully saturated rings. The SMILES string of the molecule is CCc1oc([C@@H](C)[C@@H](O)c2ccc(Br)cc2)c(C)c(=O)c1C. The Labute approximate surface area is 139 Å². The Balaban J connectivity index is 2.44. The Hall–Kier alpha value is -1.39. The molecule has 1 aromatic carbocycles. The van der Waals surface area contributed by atoms with E-state index in [1.165, 1.54) is 0 Å². The van der Waals surface area contributed by atoms with Gasteiger partial charge in [0.05, 0.1) is 6.10 Å². The summed E-state index contributed by atoms with van der Waals surface area (Å²) in [4.78, 5) is 12.3. The molecule has 0 radical (unpaired) electrons. The van der Waals surface area contributed by atoms with Crippen molar-refractivity contribution in [1.29, 1.82) is 0 Å². The molecule has 1 N–H and O–H groups in total. The summed E-state index contributed by atoms with van der Waals surface area (Å²) in [6.07, 6.45) is -0.0579. The molecule has 0 aliphatic heterocycles. The molecule has 0 saturated heterocycles. The second kappa shape index (κ2) is 6.80. The van der Waals surface area contributed by atoms with Crippen LogP contribution in [0.15, 0.2) is 37.9 Å². The largest absolute Gasteiger partial charge is 0.465 e. The number of aryl methyl sites for hydroxylation is 1. The summed E-state index contributed by atoms with van der Waals surface area (Å²) >= 11 is 3.38. The van der Waals surface area contributed by atoms with Crippen LogP contribution in [0.4, 0.5) is 0 Å². The average Bonchev–Trinajstić information content (AvgIpc) is 2.52. The van der Waals surface area contributed by atoms with Crippen LogP contribution < -0.4 is 5.43 Å². The van der Waals surface area contributed by atoms with Gasteiger partial charge in [-0.15, -0.1) is 0 Å². The smallest absolute Gasteiger partial charge is 0.191 e. The fraction of sp³-hybridized carbons (Fsp3) is 0.389. The van der Waals surface area contributed by atoms with E-state index in [0.29, 0.717) is 29.1 Å². The van der Waals surface area contributed by atoms with Gasteiger partial charge in [0.1, 0.15) is 11.5 Å². The van der Waals surface area contributed by atoms with Gasteiger partial charge in [-0.3, -0.25) is 4.79 Å². The van der Waals surface area contributed by atoms with Crippen molar-refractivity contribution in [2.45, 2.75) is 46.1 Å². The van der Waals surface area contributed by atoms with Crippen molar-refractivity contribution in [3.8, 4) is 0 Å². The number of aliphatic hydroxyl groups is 1. The average molecular weight is 365 g/mol. The molecular weight excluding hydrogens is 344 g/mol. The minimum Gasteiger partial charge on any atom is -0.465 e. The van der Waals surface area contributed by atoms with E-state index in [1.807, 2.05) is 38.1 Å². The molecule has 0 aliphatic carbocycles. The second-order valence-corrected chi connectivity index (χ2v) is 6.52. The van der Waals surface area contributed by atoms with Gasteiger partial charge in [0.15, 0.2) is 5.43 Å². The van der Waals surface area contributed by atoms with Crippen LogP contribution in [0.5, 0.6) is 0 Å². The molecule has 0 spiro atoms. The maximum atomic E-state index is 12.3. The first-order valence-electron chi connectivity index (χ1n) is 7.43. The Morgan fingerprint density at radius 3 is 2.32 bits per heavy atom. The van der Waals surface area contributed by atoms with Crippen molar-refractivity contribution in [1.82, 2.24) is 0 Å². The van der Waals surface area contributed by atoms with Gasteiger partial charge in [0.25, 0.3) is 0 Å². The normalized spacial score (nSPS) is 13.9. The number of halogens is 1. The van der Waals surface area contributed by atoms with Crippen LogP contribution in [-0.4, -0.2) is 5.11 Å². The van der Waals surface area contributed by atoms with E-state index in [0.717, 1.165) is 10.0 Å². The van der Waals surface area contributed by atoms with Crippen molar-refractivity contribution in [2.75, 3.05) is 0 Å². The summed E-state index contributed by atoms with van der Waals surface area (Å²) in [5.41, 5.74) is 2.05. The summed E-state index contributed by atoms with van der Waals surface area (Å²) in [7, 11) is 0. The lowest BCUT2D eigenvalue weighted by atomic mass is 9.92. The molecule has 3 nitrogen and oxygen atoms in total. The standard InChI is InChI=1S/C18H21BrO3/c1-5-15-10(2)16(20)11(3)18(22-15)12(4)17(21)13-6-8-14(19)9-7-13/h6-9,12,17,21H,5H2,1-4H3/t12-,17+/m0/s1. The van der Waals surface area contributed by atoms with E-state index < -0.39 is 6.10 Å². The number of aliphatic hydroxyl groups excluding tert-OH is 1. The van der Waals surface area contributed by atoms with Crippen LogP contribution in [-0.2, 0) is 6.42 Å². The summed E-state index contributed by atoms with van der Waals surface area (Å²) in [6.45, 7) is 7.39. The number of hydrogen-bond donors (Lipinski definition) is 1. The van der Waals surface area contributed by atoms with Crippen LogP contribution in [0.3, 0.4) is 0 Å². The molecule has 2 atom stereocenters. The number of hydrogen-bond acceptors (Lipinski definition) is 3. The van der Waals surface area contributed by atoms with Crippen LogP contribution in [0.2, 0.25) is 0 Å². The molecule has 2 aromatic rings. The third kappa shape index (κ3) is 3.18. The minimum atomic E-state index is -0.720. The summed E-state index contributed by atoms with van der Waals surface area (Å²) < 4.78 is 6.89. The minimum absolute atomic E-state index is 0.00737. The summed E-state index contributed by atoms with van der Waals surface area (Å²) in [5.74, 6) is 0.975. The molecule has 0 saturated carbocycles. The first kappa shape index (κ1) is 17.0. The number of rotatable bonds is 4. The van der Waals surface area contributed by atoms with Crippen molar-refractivity contribution in [2.24, 2.45) is 0 Å². The van der Waals surface area contributed by atoms with E-state index >= 15 is 0 Å². The zero-order valence-corrected chi connectivity index (χ0v) is 14.9. The van der Waals surface area contributed by atoms with Gasteiger partial charge in [0.2, 0.25) is 0 Å². The highest BCUT2D eigenvalue weighted by Crippen LogP contribution is 2.33. The van der Waals surface area contributed by atoms with Gasteiger partial charge in [-0.2, -0.15) is 0 Å². The van der Waals surface area contributed by atoms with Gasteiger partial charge in [0, 0.05) is 27.9 Å². The van der Waals surface area contributed by atoms with Crippen molar-refractivity contribution in [3.05, 3.63) is 67.2 Å². The van der Waals surface area contributed by atoms with Crippen molar-refractivity contribution in [3.63, 3.8) is 0 Å². The maximum Gasteiger partial charge on any atom is 0.191 e. The first-order chi connectivity index (χ1) is 10.4. The molecule has 2 rings (SSSR count). The van der Waals surface area contributed by atoms with Gasteiger partial charge in [-0.1, -0.05) is 41.9 Å². The Kier molecular flexibility index (Phi) is 5.24. The third-order valence-electron chi connectivity index (χ3n) is 4.12. The van der Waals surface area contributed by atoms with Crippen molar-refractivity contribution >= 4 is 15.9 Å². The van der Waals surface area contributed by atoms with E-state index in [4.69, 9.17) is 4.42 Å². The van der Waals surface area contributed by atoms with Crippen LogP contribution in [0, 0.1) is 13.8 Å². The van der Waals surface area contributed by atoms with Crippen molar-refractivity contribution < 1.29 is 9.52 Å². The molecule has 0 amide bonds. The van der Waals surface area contributed by atoms with Gasteiger partial charge in [-0.05, 0) is 31.5 Å². The summed E-state index contributed by atoms with van der Waals surface area (Å²) in [6, 6.07) is 7.52. The van der Waals surface area contributed by atoms with E-state index in [2.05, 4.69) is 15.9 Å². The molecule has 1 aromatic heterocycles. The zero-order valence-electron chi connectivity index (χ0n) is 13.3. The lowest BCUT2D eigenvalue weighted by Gasteiger charge is -2.21. The molecule has 0 aliphatic rings. The second-order valence-electron chi connectivity index (χ2n) is 5.61. The predicted molar refractivity (Wildman–Crippen MR) is 91.3 cm³/mol. The quantitative estimate of drug-likeness (QED) is 0.873. The molecule has 0 bridgehead atoms. The third-order valence-corrected chi connectivity index (χ3v) is 4.65. The topological polar surface area (TPSA) is 50.4 Å². The Bertz CT molecular complexity index is 716. The molecule has 0 unspecified atom stereocenters. The molecule has 4 heteroatoms. The Morgan fingerprint density at radius 1 is 1.18 bits per heavy atom. The highest BCUT2D eigenvalue weighted by atomic mass is 79.9. The lowest BCUT2D eigenvalue weighted by Crippen LogP contribution is -2.18. The maximum absolute atomic E-state index is 12.3. The number of benzene rings is 1. The van der Waals surface area contributed by atoms with Gasteiger partial charge >= 0.3 is 0 Å². The van der Waals surface area contributed by atoms with E-state index in [1.54, 1.807) is 13.8 Å². The highest BCUT2D eigenvalue weighted by Gasteiger charge is 2.24. The molecule has 118 valence electrons. The first-order valence-corrected chi connectivity index (χ1v) is 8.22. The predicted octanol–water partition coefficient (Wildman–Crippen LogP) is 4.42. The van der Waals surface area contributed by atoms with E-state index in [9.17, 15) is 9.90 Å². The molecule has 22 heavy (non-hydrogen) atoms. The van der Waals surface area contributed by atoms with E-state index in [-0.39, 0.29) is 11.3 Å². The summed E-state index contributed by atoms with van der Waals surface area (Å²) in [5, 5.41) is 10.6. The van der Waals surface area contributed by atoms with Gasteiger partial charge in [-0.25, -0.2) is 0 Å². The van der Waals surface area contributed by atoms with Crippen LogP contribution >= 0.6 is 15.9 Å². The van der Waals surface area contributed by atoms with Gasteiger partial charge < -0.3 is 9.52 Å². The molecule has 1 heterocycles. The fourth-order valence-corrected chi connectivity index (χ4v) is 2.93. The van der Waals surface area contributed by atoms with Crippen LogP contribution in [0.1, 0.15) is 54.1 Å².